The highest BCUT2D eigenvalue weighted by Crippen LogP contribution is 2.09. The molecule has 0 aliphatic carbocycles. The monoisotopic (exact) mass is 210 g/mol. The van der Waals surface area contributed by atoms with Crippen molar-refractivity contribution in [1.82, 2.24) is 0 Å². The number of carboxylic acid groups (broad SMARTS) is 1. The molecule has 0 unspecified atom stereocenters. The molecular weight excluding hydrogens is 200 g/mol. The molecule has 80 valence electrons. The van der Waals surface area contributed by atoms with Crippen molar-refractivity contribution in [3.63, 3.8) is 0 Å². The van der Waals surface area contributed by atoms with Crippen molar-refractivity contribution in [3.05, 3.63) is 29.7 Å². The molecule has 0 saturated heterocycles. The van der Waals surface area contributed by atoms with Crippen LogP contribution in [0.3, 0.4) is 0 Å². The van der Waals surface area contributed by atoms with Gasteiger partial charge in [0, 0.05) is 6.08 Å². The molecule has 0 radical (unpaired) electrons. The lowest BCUT2D eigenvalue weighted by molar-refractivity contribution is -0.143. The molecule has 1 rings (SSSR count). The van der Waals surface area contributed by atoms with Gasteiger partial charge in [-0.25, -0.2) is 9.59 Å². The van der Waals surface area contributed by atoms with Crippen molar-refractivity contribution in [1.29, 1.82) is 0 Å². The number of furan rings is 1. The lowest BCUT2D eigenvalue weighted by atomic mass is 10.2. The summed E-state index contributed by atoms with van der Waals surface area (Å²) in [4.78, 5) is 21.9. The molecule has 1 heterocycles. The van der Waals surface area contributed by atoms with Gasteiger partial charge in [-0.15, -0.1) is 0 Å². The molecule has 1 aromatic heterocycles. The molecule has 0 spiro atoms. The number of aliphatic carboxylic acids is 1. The van der Waals surface area contributed by atoms with Gasteiger partial charge in [-0.2, -0.15) is 0 Å². The normalized spacial score (nSPS) is 11.1. The second-order valence-electron chi connectivity index (χ2n) is 2.60. The van der Waals surface area contributed by atoms with E-state index in [0.717, 1.165) is 6.08 Å². The largest absolute Gasteiger partial charge is 0.477 e. The highest BCUT2D eigenvalue weighted by Gasteiger charge is 2.18. The zero-order valence-corrected chi connectivity index (χ0v) is 8.10. The van der Waals surface area contributed by atoms with E-state index in [1.807, 2.05) is 0 Å². The molecule has 0 fully saturated rings. The van der Waals surface area contributed by atoms with Crippen LogP contribution < -0.4 is 0 Å². The Hall–Kier alpha value is -2.04. The summed E-state index contributed by atoms with van der Waals surface area (Å²) in [6.07, 6.45) is 2.51. The summed E-state index contributed by atoms with van der Waals surface area (Å²) in [6.45, 7) is 1.73. The SMILES string of the molecule is CCOC(=O)/C(=C/c1ccco1)C(=O)O. The average Bonchev–Trinajstić information content (AvgIpc) is 2.66. The molecule has 1 N–H and O–H groups in total. The van der Waals surface area contributed by atoms with Crippen molar-refractivity contribution in [2.45, 2.75) is 6.92 Å². The average molecular weight is 210 g/mol. The van der Waals surface area contributed by atoms with Crippen molar-refractivity contribution >= 4 is 18.0 Å². The van der Waals surface area contributed by atoms with Crippen LogP contribution in [0.2, 0.25) is 0 Å². The number of carbonyl (C=O) groups is 2. The van der Waals surface area contributed by atoms with Crippen LogP contribution in [0, 0.1) is 0 Å². The molecule has 0 aromatic carbocycles. The number of esters is 1. The first kappa shape index (κ1) is 11.0. The van der Waals surface area contributed by atoms with Crippen LogP contribution in [0.4, 0.5) is 0 Å². The third-order valence-corrected chi connectivity index (χ3v) is 1.56. The van der Waals surface area contributed by atoms with Crippen LogP contribution in [0.15, 0.2) is 28.4 Å². The van der Waals surface area contributed by atoms with Gasteiger partial charge in [0.2, 0.25) is 0 Å². The predicted molar refractivity (Wildman–Crippen MR) is 51.0 cm³/mol. The zero-order valence-electron chi connectivity index (χ0n) is 8.10. The van der Waals surface area contributed by atoms with E-state index in [-0.39, 0.29) is 6.61 Å². The molecular formula is C10H10O5. The smallest absolute Gasteiger partial charge is 0.345 e. The Balaban J connectivity index is 2.92. The topological polar surface area (TPSA) is 76.7 Å². The Kier molecular flexibility index (Phi) is 3.68. The standard InChI is InChI=1S/C10H10O5/c1-2-14-10(13)8(9(11)12)6-7-4-3-5-15-7/h3-6H,2H2,1H3,(H,11,12)/b8-6+. The third kappa shape index (κ3) is 2.98. The van der Waals surface area contributed by atoms with Gasteiger partial charge in [0.15, 0.2) is 0 Å². The number of carbonyl (C=O) groups excluding carboxylic acids is 1. The van der Waals surface area contributed by atoms with Crippen molar-refractivity contribution in [3.8, 4) is 0 Å². The molecule has 5 nitrogen and oxygen atoms in total. The van der Waals surface area contributed by atoms with E-state index in [9.17, 15) is 9.59 Å². The Morgan fingerprint density at radius 2 is 2.33 bits per heavy atom. The van der Waals surface area contributed by atoms with Gasteiger partial charge in [0.05, 0.1) is 12.9 Å². The van der Waals surface area contributed by atoms with E-state index >= 15 is 0 Å². The molecule has 0 aliphatic rings. The van der Waals surface area contributed by atoms with E-state index in [1.165, 1.54) is 6.26 Å². The summed E-state index contributed by atoms with van der Waals surface area (Å²) in [5.41, 5.74) is -0.452. The molecule has 0 amide bonds. The maximum absolute atomic E-state index is 11.2. The van der Waals surface area contributed by atoms with Crippen molar-refractivity contribution in [2.75, 3.05) is 6.61 Å². The summed E-state index contributed by atoms with van der Waals surface area (Å²) in [5.74, 6) is -1.92. The summed E-state index contributed by atoms with van der Waals surface area (Å²) in [7, 11) is 0. The maximum atomic E-state index is 11.2. The number of carboxylic acids is 1. The minimum atomic E-state index is -1.34. The summed E-state index contributed by atoms with van der Waals surface area (Å²) >= 11 is 0. The summed E-state index contributed by atoms with van der Waals surface area (Å²) in [6, 6.07) is 3.14. The Bertz CT molecular complexity index is 375. The molecule has 0 aliphatic heterocycles. The van der Waals surface area contributed by atoms with Gasteiger partial charge < -0.3 is 14.3 Å². The number of rotatable bonds is 4. The first-order valence-electron chi connectivity index (χ1n) is 4.30. The highest BCUT2D eigenvalue weighted by molar-refractivity contribution is 6.16. The molecule has 5 heteroatoms. The predicted octanol–water partition coefficient (Wildman–Crippen LogP) is 1.31. The van der Waals surface area contributed by atoms with Crippen molar-refractivity contribution in [2.24, 2.45) is 0 Å². The van der Waals surface area contributed by atoms with Gasteiger partial charge in [0.1, 0.15) is 11.3 Å². The molecule has 0 bridgehead atoms. The zero-order chi connectivity index (χ0) is 11.3. The van der Waals surface area contributed by atoms with E-state index in [0.29, 0.717) is 5.76 Å². The van der Waals surface area contributed by atoms with Gasteiger partial charge in [0.25, 0.3) is 0 Å². The Morgan fingerprint density at radius 1 is 1.60 bits per heavy atom. The second kappa shape index (κ2) is 4.99. The summed E-state index contributed by atoms with van der Waals surface area (Å²) in [5, 5.41) is 8.76. The molecule has 15 heavy (non-hydrogen) atoms. The molecule has 0 atom stereocenters. The van der Waals surface area contributed by atoms with Crippen molar-refractivity contribution < 1.29 is 23.8 Å². The van der Waals surface area contributed by atoms with Crippen LogP contribution in [0.25, 0.3) is 6.08 Å². The Morgan fingerprint density at radius 3 is 2.80 bits per heavy atom. The Labute approximate surface area is 86.0 Å². The lowest BCUT2D eigenvalue weighted by Crippen LogP contribution is -2.15. The first-order valence-corrected chi connectivity index (χ1v) is 4.30. The number of ether oxygens (including phenoxy) is 1. The maximum Gasteiger partial charge on any atom is 0.345 e. The fourth-order valence-electron chi connectivity index (χ4n) is 0.932. The van der Waals surface area contributed by atoms with Crippen LogP contribution in [0.5, 0.6) is 0 Å². The van der Waals surface area contributed by atoms with Gasteiger partial charge in [-0.1, -0.05) is 0 Å². The highest BCUT2D eigenvalue weighted by atomic mass is 16.5. The van der Waals surface area contributed by atoms with Crippen LogP contribution in [-0.4, -0.2) is 23.7 Å². The lowest BCUT2D eigenvalue weighted by Gasteiger charge is -2.00. The van der Waals surface area contributed by atoms with Crippen LogP contribution >= 0.6 is 0 Å². The fourth-order valence-corrected chi connectivity index (χ4v) is 0.932. The number of hydrogen-bond acceptors (Lipinski definition) is 4. The van der Waals surface area contributed by atoms with Crippen LogP contribution in [0.1, 0.15) is 12.7 Å². The van der Waals surface area contributed by atoms with Gasteiger partial charge >= 0.3 is 11.9 Å². The van der Waals surface area contributed by atoms with Crippen LogP contribution in [-0.2, 0) is 14.3 Å². The second-order valence-corrected chi connectivity index (χ2v) is 2.60. The molecule has 0 saturated carbocycles. The summed E-state index contributed by atoms with van der Waals surface area (Å²) < 4.78 is 9.48. The molecule has 1 aromatic rings. The van der Waals surface area contributed by atoms with Gasteiger partial charge in [-0.05, 0) is 19.1 Å². The first-order chi connectivity index (χ1) is 7.15. The van der Waals surface area contributed by atoms with E-state index in [2.05, 4.69) is 4.74 Å². The fraction of sp³-hybridized carbons (Fsp3) is 0.200. The van der Waals surface area contributed by atoms with E-state index in [4.69, 9.17) is 9.52 Å². The quantitative estimate of drug-likeness (QED) is 0.351. The van der Waals surface area contributed by atoms with E-state index < -0.39 is 17.5 Å². The third-order valence-electron chi connectivity index (χ3n) is 1.56. The number of hydrogen-bond donors (Lipinski definition) is 1. The van der Waals surface area contributed by atoms with Gasteiger partial charge in [-0.3, -0.25) is 0 Å². The van der Waals surface area contributed by atoms with E-state index in [1.54, 1.807) is 19.1 Å². The minimum absolute atomic E-state index is 0.127. The minimum Gasteiger partial charge on any atom is -0.477 e.